The zero-order valence-corrected chi connectivity index (χ0v) is 12.5. The summed E-state index contributed by atoms with van der Waals surface area (Å²) in [7, 11) is -3.50. The Labute approximate surface area is 116 Å². The standard InChI is InChI=1S/C12H16BrNO3S/c1-9(11-6-4-8-17-11)14-18(15,16)12-7-3-2-5-10(12)13/h2-3,5,7,9,11,14H,4,6,8H2,1H3/t9-,11+/m1/s1. The minimum atomic E-state index is -3.50. The van der Waals surface area contributed by atoms with Crippen molar-refractivity contribution in [2.24, 2.45) is 0 Å². The number of benzene rings is 1. The van der Waals surface area contributed by atoms with Crippen molar-refractivity contribution in [2.45, 2.75) is 36.8 Å². The third kappa shape index (κ3) is 3.12. The molecule has 18 heavy (non-hydrogen) atoms. The molecule has 0 amide bonds. The summed E-state index contributed by atoms with van der Waals surface area (Å²) in [6, 6.07) is 6.56. The Morgan fingerprint density at radius 1 is 1.44 bits per heavy atom. The molecule has 0 unspecified atom stereocenters. The Balaban J connectivity index is 2.14. The smallest absolute Gasteiger partial charge is 0.242 e. The lowest BCUT2D eigenvalue weighted by atomic mass is 10.1. The van der Waals surface area contributed by atoms with E-state index < -0.39 is 10.0 Å². The van der Waals surface area contributed by atoms with Gasteiger partial charge in [0.1, 0.15) is 0 Å². The number of hydrogen-bond acceptors (Lipinski definition) is 3. The zero-order chi connectivity index (χ0) is 13.2. The van der Waals surface area contributed by atoms with Crippen LogP contribution in [0.2, 0.25) is 0 Å². The fraction of sp³-hybridized carbons (Fsp3) is 0.500. The fourth-order valence-electron chi connectivity index (χ4n) is 2.04. The van der Waals surface area contributed by atoms with Gasteiger partial charge in [-0.05, 0) is 47.8 Å². The third-order valence-electron chi connectivity index (χ3n) is 2.99. The van der Waals surface area contributed by atoms with Gasteiger partial charge in [0.2, 0.25) is 10.0 Å². The molecule has 2 atom stereocenters. The molecule has 1 aromatic rings. The van der Waals surface area contributed by atoms with E-state index >= 15 is 0 Å². The summed E-state index contributed by atoms with van der Waals surface area (Å²) in [6.45, 7) is 2.55. The lowest BCUT2D eigenvalue weighted by Crippen LogP contribution is -2.40. The van der Waals surface area contributed by atoms with Crippen molar-refractivity contribution in [3.05, 3.63) is 28.7 Å². The summed E-state index contributed by atoms with van der Waals surface area (Å²) in [6.07, 6.45) is 1.87. The minimum Gasteiger partial charge on any atom is -0.377 e. The Hall–Kier alpha value is -0.430. The highest BCUT2D eigenvalue weighted by atomic mass is 79.9. The van der Waals surface area contributed by atoms with Gasteiger partial charge in [-0.25, -0.2) is 13.1 Å². The van der Waals surface area contributed by atoms with Crippen LogP contribution in [-0.2, 0) is 14.8 Å². The quantitative estimate of drug-likeness (QED) is 0.919. The molecule has 1 N–H and O–H groups in total. The molecule has 0 aromatic heterocycles. The second kappa shape index (κ2) is 5.69. The maximum absolute atomic E-state index is 12.2. The van der Waals surface area contributed by atoms with E-state index in [0.717, 1.165) is 12.8 Å². The molecule has 100 valence electrons. The first-order valence-electron chi connectivity index (χ1n) is 5.89. The fourth-order valence-corrected chi connectivity index (χ4v) is 4.32. The van der Waals surface area contributed by atoms with E-state index in [-0.39, 0.29) is 17.0 Å². The predicted octanol–water partition coefficient (Wildman–Crippen LogP) is 2.29. The van der Waals surface area contributed by atoms with E-state index in [4.69, 9.17) is 4.74 Å². The highest BCUT2D eigenvalue weighted by molar-refractivity contribution is 9.10. The highest BCUT2D eigenvalue weighted by Crippen LogP contribution is 2.22. The molecule has 2 rings (SSSR count). The highest BCUT2D eigenvalue weighted by Gasteiger charge is 2.27. The minimum absolute atomic E-state index is 0.0257. The maximum atomic E-state index is 12.2. The van der Waals surface area contributed by atoms with Gasteiger partial charge in [0, 0.05) is 17.1 Å². The first-order chi connectivity index (χ1) is 8.50. The summed E-state index contributed by atoms with van der Waals surface area (Å²) in [5, 5.41) is 0. The van der Waals surface area contributed by atoms with E-state index in [1.807, 2.05) is 6.92 Å². The van der Waals surface area contributed by atoms with Gasteiger partial charge in [-0.1, -0.05) is 12.1 Å². The van der Waals surface area contributed by atoms with Crippen LogP contribution in [0.3, 0.4) is 0 Å². The number of hydrogen-bond donors (Lipinski definition) is 1. The molecular weight excluding hydrogens is 318 g/mol. The van der Waals surface area contributed by atoms with Gasteiger partial charge < -0.3 is 4.74 Å². The van der Waals surface area contributed by atoms with Gasteiger partial charge in [-0.15, -0.1) is 0 Å². The van der Waals surface area contributed by atoms with Crippen molar-refractivity contribution in [2.75, 3.05) is 6.61 Å². The Morgan fingerprint density at radius 2 is 2.17 bits per heavy atom. The first kappa shape index (κ1) is 14.0. The maximum Gasteiger partial charge on any atom is 0.242 e. The van der Waals surface area contributed by atoms with E-state index in [1.54, 1.807) is 24.3 Å². The van der Waals surface area contributed by atoms with Crippen molar-refractivity contribution >= 4 is 26.0 Å². The van der Waals surface area contributed by atoms with Gasteiger partial charge in [-0.2, -0.15) is 0 Å². The van der Waals surface area contributed by atoms with Crippen LogP contribution in [0.15, 0.2) is 33.6 Å². The number of halogens is 1. The average molecular weight is 334 g/mol. The molecule has 4 nitrogen and oxygen atoms in total. The second-order valence-corrected chi connectivity index (χ2v) is 6.93. The number of nitrogens with one attached hydrogen (secondary N) is 1. The number of rotatable bonds is 4. The van der Waals surface area contributed by atoms with E-state index in [9.17, 15) is 8.42 Å². The molecule has 1 fully saturated rings. The van der Waals surface area contributed by atoms with Crippen molar-refractivity contribution in [1.29, 1.82) is 0 Å². The first-order valence-corrected chi connectivity index (χ1v) is 8.17. The van der Waals surface area contributed by atoms with Crippen LogP contribution in [0.4, 0.5) is 0 Å². The molecular formula is C12H16BrNO3S. The van der Waals surface area contributed by atoms with Gasteiger partial charge >= 0.3 is 0 Å². The van der Waals surface area contributed by atoms with Gasteiger partial charge in [-0.3, -0.25) is 0 Å². The van der Waals surface area contributed by atoms with E-state index in [0.29, 0.717) is 11.1 Å². The van der Waals surface area contributed by atoms with Crippen molar-refractivity contribution < 1.29 is 13.2 Å². The van der Waals surface area contributed by atoms with Crippen LogP contribution in [0.25, 0.3) is 0 Å². The molecule has 1 heterocycles. The lowest BCUT2D eigenvalue weighted by molar-refractivity contribution is 0.0902. The Morgan fingerprint density at radius 3 is 2.78 bits per heavy atom. The topological polar surface area (TPSA) is 55.4 Å². The van der Waals surface area contributed by atoms with E-state index in [1.165, 1.54) is 0 Å². The molecule has 1 saturated heterocycles. The van der Waals surface area contributed by atoms with Crippen LogP contribution in [-0.4, -0.2) is 27.2 Å². The monoisotopic (exact) mass is 333 g/mol. The summed E-state index contributed by atoms with van der Waals surface area (Å²) >= 11 is 3.26. The second-order valence-electron chi connectivity index (χ2n) is 4.39. The van der Waals surface area contributed by atoms with Crippen LogP contribution < -0.4 is 4.72 Å². The summed E-state index contributed by atoms with van der Waals surface area (Å²) in [5.41, 5.74) is 0. The summed E-state index contributed by atoms with van der Waals surface area (Å²) < 4.78 is 33.2. The predicted molar refractivity (Wildman–Crippen MR) is 72.9 cm³/mol. The number of sulfonamides is 1. The average Bonchev–Trinajstić information content (AvgIpc) is 2.82. The normalized spacial score (nSPS) is 22.0. The molecule has 1 aliphatic rings. The summed E-state index contributed by atoms with van der Waals surface area (Å²) in [5.74, 6) is 0. The Bertz CT molecular complexity index is 512. The van der Waals surface area contributed by atoms with Gasteiger partial charge in [0.25, 0.3) is 0 Å². The molecule has 0 saturated carbocycles. The summed E-state index contributed by atoms with van der Waals surface area (Å²) in [4.78, 5) is 0.259. The molecule has 6 heteroatoms. The number of ether oxygens (including phenoxy) is 1. The lowest BCUT2D eigenvalue weighted by Gasteiger charge is -2.20. The van der Waals surface area contributed by atoms with Crippen molar-refractivity contribution in [1.82, 2.24) is 4.72 Å². The van der Waals surface area contributed by atoms with Crippen LogP contribution in [0.5, 0.6) is 0 Å². The Kier molecular flexibility index (Phi) is 4.42. The van der Waals surface area contributed by atoms with E-state index in [2.05, 4.69) is 20.7 Å². The zero-order valence-electron chi connectivity index (χ0n) is 10.1. The van der Waals surface area contributed by atoms with Crippen molar-refractivity contribution in [3.63, 3.8) is 0 Å². The molecule has 0 spiro atoms. The molecule has 1 aromatic carbocycles. The van der Waals surface area contributed by atoms with Crippen molar-refractivity contribution in [3.8, 4) is 0 Å². The van der Waals surface area contributed by atoms with Crippen LogP contribution in [0, 0.1) is 0 Å². The molecule has 0 bridgehead atoms. The van der Waals surface area contributed by atoms with Gasteiger partial charge in [0.05, 0.1) is 11.0 Å². The van der Waals surface area contributed by atoms with Crippen LogP contribution in [0.1, 0.15) is 19.8 Å². The molecule has 0 aliphatic carbocycles. The molecule has 1 aliphatic heterocycles. The third-order valence-corrected chi connectivity index (χ3v) is 5.56. The molecule has 0 radical (unpaired) electrons. The van der Waals surface area contributed by atoms with Crippen LogP contribution >= 0.6 is 15.9 Å². The van der Waals surface area contributed by atoms with Gasteiger partial charge in [0.15, 0.2) is 0 Å². The SMILES string of the molecule is C[C@@H](NS(=O)(=O)c1ccccc1Br)[C@@H]1CCCO1. The largest absolute Gasteiger partial charge is 0.377 e.